The van der Waals surface area contributed by atoms with Crippen LogP contribution in [0.1, 0.15) is 24.0 Å². The van der Waals surface area contributed by atoms with Crippen LogP contribution in [0.4, 0.5) is 0 Å². The molecule has 1 atom stereocenters. The zero-order valence-corrected chi connectivity index (χ0v) is 12.7. The Bertz CT molecular complexity index is 576. The Kier molecular flexibility index (Phi) is 4.71. The molecule has 1 amide bonds. The number of ether oxygens (including phenoxy) is 1. The first-order valence-electron chi connectivity index (χ1n) is 7.87. The van der Waals surface area contributed by atoms with Crippen LogP contribution in [0.2, 0.25) is 0 Å². The van der Waals surface area contributed by atoms with Gasteiger partial charge in [-0.2, -0.15) is 5.26 Å². The smallest absolute Gasteiger partial charge is 0.240 e. The lowest BCUT2D eigenvalue weighted by Gasteiger charge is -2.32. The van der Waals surface area contributed by atoms with Gasteiger partial charge >= 0.3 is 0 Å². The van der Waals surface area contributed by atoms with Crippen molar-refractivity contribution in [1.29, 1.82) is 5.26 Å². The Balaban J connectivity index is 1.67. The molecule has 2 fully saturated rings. The molecule has 0 bridgehead atoms. The summed E-state index contributed by atoms with van der Waals surface area (Å²) < 4.78 is 5.32. The third-order valence-corrected chi connectivity index (χ3v) is 4.41. The van der Waals surface area contributed by atoms with Crippen molar-refractivity contribution in [2.24, 2.45) is 0 Å². The molecule has 5 nitrogen and oxygen atoms in total. The molecule has 1 aromatic rings. The summed E-state index contributed by atoms with van der Waals surface area (Å²) in [4.78, 5) is 16.9. The van der Waals surface area contributed by atoms with Gasteiger partial charge in [-0.25, -0.2) is 0 Å². The fourth-order valence-corrected chi connectivity index (χ4v) is 3.26. The number of nitriles is 1. The first kappa shape index (κ1) is 15.0. The van der Waals surface area contributed by atoms with Gasteiger partial charge < -0.3 is 9.64 Å². The van der Waals surface area contributed by atoms with Crippen LogP contribution < -0.4 is 0 Å². The molecular formula is C17H21N3O2. The monoisotopic (exact) mass is 299 g/mol. The largest absolute Gasteiger partial charge is 0.378 e. The van der Waals surface area contributed by atoms with Gasteiger partial charge in [-0.1, -0.05) is 12.1 Å². The van der Waals surface area contributed by atoms with E-state index in [2.05, 4.69) is 11.0 Å². The first-order valence-corrected chi connectivity index (χ1v) is 7.87. The Morgan fingerprint density at radius 1 is 1.32 bits per heavy atom. The summed E-state index contributed by atoms with van der Waals surface area (Å²) in [6.07, 6.45) is 1.98. The van der Waals surface area contributed by atoms with Gasteiger partial charge in [0.05, 0.1) is 30.9 Å². The van der Waals surface area contributed by atoms with Crippen LogP contribution in [0.15, 0.2) is 24.3 Å². The number of hydrogen-bond donors (Lipinski definition) is 0. The number of carbonyl (C=O) groups is 1. The Morgan fingerprint density at radius 2 is 2.14 bits per heavy atom. The molecule has 0 N–H and O–H groups in total. The van der Waals surface area contributed by atoms with Crippen LogP contribution in [0, 0.1) is 11.3 Å². The van der Waals surface area contributed by atoms with E-state index in [1.165, 1.54) is 0 Å². The Hall–Kier alpha value is -1.90. The molecule has 0 spiro atoms. The second-order valence-corrected chi connectivity index (χ2v) is 5.88. The second kappa shape index (κ2) is 6.91. The van der Waals surface area contributed by atoms with Crippen LogP contribution in [0.3, 0.4) is 0 Å². The van der Waals surface area contributed by atoms with Gasteiger partial charge in [-0.15, -0.1) is 0 Å². The van der Waals surface area contributed by atoms with Crippen molar-refractivity contribution in [2.75, 3.05) is 32.8 Å². The zero-order chi connectivity index (χ0) is 15.4. The topological polar surface area (TPSA) is 56.6 Å². The molecule has 22 heavy (non-hydrogen) atoms. The molecule has 5 heteroatoms. The van der Waals surface area contributed by atoms with Gasteiger partial charge in [-0.3, -0.25) is 9.69 Å². The minimum atomic E-state index is -0.0242. The number of amides is 1. The van der Waals surface area contributed by atoms with Gasteiger partial charge in [-0.05, 0) is 37.1 Å². The third-order valence-electron chi connectivity index (χ3n) is 4.41. The normalized spacial score (nSPS) is 22.5. The minimum absolute atomic E-state index is 0.0242. The average molecular weight is 299 g/mol. The molecule has 0 radical (unpaired) electrons. The van der Waals surface area contributed by atoms with Gasteiger partial charge in [0.2, 0.25) is 5.91 Å². The highest BCUT2D eigenvalue weighted by atomic mass is 16.5. The summed E-state index contributed by atoms with van der Waals surface area (Å²) in [5.41, 5.74) is 1.77. The lowest BCUT2D eigenvalue weighted by atomic mass is 10.1. The van der Waals surface area contributed by atoms with E-state index in [0.29, 0.717) is 31.9 Å². The highest BCUT2D eigenvalue weighted by Gasteiger charge is 2.34. The van der Waals surface area contributed by atoms with Crippen LogP contribution in [0.25, 0.3) is 0 Å². The van der Waals surface area contributed by atoms with Crippen LogP contribution >= 0.6 is 0 Å². The van der Waals surface area contributed by atoms with Gasteiger partial charge in [0.1, 0.15) is 0 Å². The number of nitrogens with zero attached hydrogens (tertiary/aromatic N) is 3. The molecule has 0 aromatic heterocycles. The molecule has 0 saturated carbocycles. The molecule has 2 aliphatic rings. The quantitative estimate of drug-likeness (QED) is 0.846. The van der Waals surface area contributed by atoms with E-state index in [1.54, 1.807) is 0 Å². The molecule has 2 aliphatic heterocycles. The van der Waals surface area contributed by atoms with E-state index in [1.807, 2.05) is 29.2 Å². The van der Waals surface area contributed by atoms with E-state index in [0.717, 1.165) is 31.5 Å². The van der Waals surface area contributed by atoms with Crippen molar-refractivity contribution in [3.05, 3.63) is 35.4 Å². The van der Waals surface area contributed by atoms with E-state index < -0.39 is 0 Å². The summed E-state index contributed by atoms with van der Waals surface area (Å²) in [5, 5.41) is 9.00. The number of morpholine rings is 1. The van der Waals surface area contributed by atoms with Crippen LogP contribution in [-0.2, 0) is 16.1 Å². The van der Waals surface area contributed by atoms with Crippen LogP contribution in [-0.4, -0.2) is 54.6 Å². The van der Waals surface area contributed by atoms with Crippen molar-refractivity contribution in [3.63, 3.8) is 0 Å². The van der Waals surface area contributed by atoms with Gasteiger partial charge in [0, 0.05) is 19.6 Å². The number of benzene rings is 1. The maximum atomic E-state index is 12.7. The molecule has 116 valence electrons. The van der Waals surface area contributed by atoms with Gasteiger partial charge in [0.25, 0.3) is 0 Å². The van der Waals surface area contributed by atoms with E-state index >= 15 is 0 Å². The van der Waals surface area contributed by atoms with Crippen molar-refractivity contribution in [3.8, 4) is 6.07 Å². The minimum Gasteiger partial charge on any atom is -0.378 e. The standard InChI is InChI=1S/C17H21N3O2/c18-12-14-3-1-4-15(11-14)13-20-6-2-5-16(20)17(21)19-7-9-22-10-8-19/h1,3-4,11,16H,2,5-10,13H2/t16-/m0/s1. The fraction of sp³-hybridized carbons (Fsp3) is 0.529. The number of rotatable bonds is 3. The average Bonchev–Trinajstić information content (AvgIpc) is 3.03. The lowest BCUT2D eigenvalue weighted by Crippen LogP contribution is -2.49. The molecular weight excluding hydrogens is 278 g/mol. The van der Waals surface area contributed by atoms with Crippen molar-refractivity contribution < 1.29 is 9.53 Å². The summed E-state index contributed by atoms with van der Waals surface area (Å²) >= 11 is 0. The van der Waals surface area contributed by atoms with E-state index in [9.17, 15) is 4.79 Å². The maximum Gasteiger partial charge on any atom is 0.240 e. The third kappa shape index (κ3) is 3.29. The summed E-state index contributed by atoms with van der Waals surface area (Å²) in [5.74, 6) is 0.234. The van der Waals surface area contributed by atoms with Crippen molar-refractivity contribution >= 4 is 5.91 Å². The zero-order valence-electron chi connectivity index (χ0n) is 12.7. The highest BCUT2D eigenvalue weighted by molar-refractivity contribution is 5.82. The Labute approximate surface area is 131 Å². The highest BCUT2D eigenvalue weighted by Crippen LogP contribution is 2.22. The summed E-state index contributed by atoms with van der Waals surface area (Å²) in [6, 6.07) is 9.80. The molecule has 0 unspecified atom stereocenters. The number of carbonyl (C=O) groups excluding carboxylic acids is 1. The second-order valence-electron chi connectivity index (χ2n) is 5.88. The van der Waals surface area contributed by atoms with Crippen molar-refractivity contribution in [1.82, 2.24) is 9.80 Å². The number of hydrogen-bond acceptors (Lipinski definition) is 4. The van der Waals surface area contributed by atoms with Gasteiger partial charge in [0.15, 0.2) is 0 Å². The van der Waals surface area contributed by atoms with Crippen molar-refractivity contribution in [2.45, 2.75) is 25.4 Å². The Morgan fingerprint density at radius 3 is 2.91 bits per heavy atom. The fourth-order valence-electron chi connectivity index (χ4n) is 3.26. The first-order chi connectivity index (χ1) is 10.8. The molecule has 3 rings (SSSR count). The predicted octanol–water partition coefficient (Wildman–Crippen LogP) is 1.38. The molecule has 2 heterocycles. The molecule has 2 saturated heterocycles. The van der Waals surface area contributed by atoms with Crippen LogP contribution in [0.5, 0.6) is 0 Å². The van der Waals surface area contributed by atoms with E-state index in [-0.39, 0.29) is 11.9 Å². The number of likely N-dealkylation sites (tertiary alicyclic amines) is 1. The predicted molar refractivity (Wildman–Crippen MR) is 82.0 cm³/mol. The lowest BCUT2D eigenvalue weighted by molar-refractivity contribution is -0.140. The SMILES string of the molecule is N#Cc1cccc(CN2CCC[C@H]2C(=O)N2CCOCC2)c1. The molecule has 0 aliphatic carbocycles. The van der Waals surface area contributed by atoms with E-state index in [4.69, 9.17) is 10.00 Å². The maximum absolute atomic E-state index is 12.7. The molecule has 1 aromatic carbocycles. The summed E-state index contributed by atoms with van der Waals surface area (Å²) in [7, 11) is 0. The summed E-state index contributed by atoms with van der Waals surface area (Å²) in [6.45, 7) is 4.36.